The smallest absolute Gasteiger partial charge is 0.419 e. The van der Waals surface area contributed by atoms with Gasteiger partial charge in [-0.15, -0.1) is 0 Å². The summed E-state index contributed by atoms with van der Waals surface area (Å²) in [5.74, 6) is -4.63. The van der Waals surface area contributed by atoms with E-state index >= 15 is 0 Å². The van der Waals surface area contributed by atoms with Crippen molar-refractivity contribution < 1.29 is 45.8 Å². The Bertz CT molecular complexity index is 1370. The fourth-order valence-corrected chi connectivity index (χ4v) is 7.00. The molecule has 1 aliphatic carbocycles. The monoisotopic (exact) mass is 675 g/mol. The van der Waals surface area contributed by atoms with Gasteiger partial charge in [-0.05, 0) is 79.2 Å². The standard InChI is InChI=1S/C30H38F5N5O5S/c1-27(2,3)45-26(43)38-12-10-18(29(31,32)17-38)11-13-44-20-8-6-19(7-9-20)39-25(42)40(24(41)28(39,4)5)46-21-14-22(30(33,34)35)23(15-36)37-16-21/h14,16,18-20H,6-13,17H2,1-5H3. The molecule has 10 nitrogen and oxygen atoms in total. The Balaban J connectivity index is 1.29. The molecular weight excluding hydrogens is 637 g/mol. The number of hydrogen-bond donors (Lipinski definition) is 0. The van der Waals surface area contributed by atoms with Crippen LogP contribution in [0, 0.1) is 17.2 Å². The molecule has 3 aliphatic rings. The molecule has 1 unspecified atom stereocenters. The van der Waals surface area contributed by atoms with E-state index in [0.29, 0.717) is 43.7 Å². The van der Waals surface area contributed by atoms with Crippen molar-refractivity contribution in [2.45, 2.75) is 113 Å². The summed E-state index contributed by atoms with van der Waals surface area (Å²) in [6.45, 7) is 7.73. The van der Waals surface area contributed by atoms with E-state index in [9.17, 15) is 36.3 Å². The SMILES string of the molecule is CC(C)(C)OC(=O)N1CCC(CCOC2CCC(N3C(=O)N(Sc4cnc(C#N)c(C(F)(F)F)c4)C(=O)C3(C)C)CC2)C(F)(F)C1. The summed E-state index contributed by atoms with van der Waals surface area (Å²) in [4.78, 5) is 44.9. The van der Waals surface area contributed by atoms with E-state index in [0.717, 1.165) is 15.4 Å². The number of carbonyl (C=O) groups is 3. The molecule has 0 spiro atoms. The zero-order valence-corrected chi connectivity index (χ0v) is 27.1. The van der Waals surface area contributed by atoms with E-state index in [2.05, 4.69) is 4.98 Å². The normalized spacial score (nSPS) is 25.1. The van der Waals surface area contributed by atoms with E-state index in [1.165, 1.54) is 11.0 Å². The second-order valence-electron chi connectivity index (χ2n) is 13.3. The van der Waals surface area contributed by atoms with Crippen molar-refractivity contribution in [3.05, 3.63) is 23.5 Å². The first kappa shape index (κ1) is 35.7. The van der Waals surface area contributed by atoms with Crippen LogP contribution in [-0.2, 0) is 20.4 Å². The molecule has 2 aliphatic heterocycles. The Morgan fingerprint density at radius 2 is 1.78 bits per heavy atom. The molecule has 254 valence electrons. The second kappa shape index (κ2) is 13.1. The van der Waals surface area contributed by atoms with Crippen LogP contribution in [0.25, 0.3) is 0 Å². The molecule has 0 N–H and O–H groups in total. The van der Waals surface area contributed by atoms with Gasteiger partial charge >= 0.3 is 18.3 Å². The van der Waals surface area contributed by atoms with Gasteiger partial charge in [0.25, 0.3) is 11.8 Å². The number of amides is 4. The average Bonchev–Trinajstić information content (AvgIpc) is 3.11. The van der Waals surface area contributed by atoms with Gasteiger partial charge in [-0.1, -0.05) is 0 Å². The van der Waals surface area contributed by atoms with Crippen LogP contribution < -0.4 is 0 Å². The largest absolute Gasteiger partial charge is 0.444 e. The summed E-state index contributed by atoms with van der Waals surface area (Å²) in [7, 11) is 0. The highest BCUT2D eigenvalue weighted by molar-refractivity contribution is 7.98. The predicted octanol–water partition coefficient (Wildman–Crippen LogP) is 6.63. The molecule has 1 atom stereocenters. The number of nitrogens with zero attached hydrogens (tertiary/aromatic N) is 5. The molecule has 4 amide bonds. The van der Waals surface area contributed by atoms with E-state index in [-0.39, 0.29) is 43.0 Å². The number of hydrogen-bond acceptors (Lipinski definition) is 8. The lowest BCUT2D eigenvalue weighted by molar-refractivity contribution is -0.138. The molecule has 3 heterocycles. The molecule has 0 radical (unpaired) electrons. The van der Waals surface area contributed by atoms with Gasteiger partial charge in [-0.3, -0.25) is 4.79 Å². The predicted molar refractivity (Wildman–Crippen MR) is 155 cm³/mol. The quantitative estimate of drug-likeness (QED) is 0.180. The molecule has 4 rings (SSSR count). The summed E-state index contributed by atoms with van der Waals surface area (Å²) in [6, 6.07) is 1.08. The van der Waals surface area contributed by atoms with Crippen molar-refractivity contribution in [1.82, 2.24) is 19.1 Å². The molecular formula is C30H38F5N5O5S. The molecule has 1 saturated carbocycles. The van der Waals surface area contributed by atoms with Gasteiger partial charge in [0.15, 0.2) is 5.69 Å². The third-order valence-corrected chi connectivity index (χ3v) is 9.33. The lowest BCUT2D eigenvalue weighted by Crippen LogP contribution is -2.52. The molecule has 1 aromatic rings. The van der Waals surface area contributed by atoms with Crippen LogP contribution in [0.3, 0.4) is 0 Å². The lowest BCUT2D eigenvalue weighted by Gasteiger charge is -2.40. The first-order chi connectivity index (χ1) is 21.2. The minimum atomic E-state index is -4.85. The molecule has 0 aromatic carbocycles. The van der Waals surface area contributed by atoms with Crippen LogP contribution in [0.4, 0.5) is 31.5 Å². The Kier molecular flexibility index (Phi) is 10.2. The van der Waals surface area contributed by atoms with Crippen LogP contribution in [0.15, 0.2) is 17.2 Å². The van der Waals surface area contributed by atoms with Crippen LogP contribution in [0.5, 0.6) is 0 Å². The van der Waals surface area contributed by atoms with Crippen molar-refractivity contribution >= 4 is 30.0 Å². The first-order valence-electron chi connectivity index (χ1n) is 15.0. The van der Waals surface area contributed by atoms with Gasteiger partial charge in [0.1, 0.15) is 17.2 Å². The van der Waals surface area contributed by atoms with Crippen molar-refractivity contribution in [3.8, 4) is 6.07 Å². The number of imide groups is 1. The number of ether oxygens (including phenoxy) is 2. The summed E-state index contributed by atoms with van der Waals surface area (Å²) in [5.41, 5.74) is -4.12. The highest BCUT2D eigenvalue weighted by atomic mass is 32.2. The molecule has 2 saturated heterocycles. The van der Waals surface area contributed by atoms with Crippen LogP contribution in [0.2, 0.25) is 0 Å². The van der Waals surface area contributed by atoms with Crippen molar-refractivity contribution in [2.24, 2.45) is 5.92 Å². The topological polar surface area (TPSA) is 116 Å². The third kappa shape index (κ3) is 7.84. The fraction of sp³-hybridized carbons (Fsp3) is 0.700. The summed E-state index contributed by atoms with van der Waals surface area (Å²) in [5, 5.41) is 8.99. The number of halogens is 5. The number of rotatable bonds is 7. The van der Waals surface area contributed by atoms with E-state index in [1.807, 2.05) is 0 Å². The first-order valence-corrected chi connectivity index (χ1v) is 15.8. The van der Waals surface area contributed by atoms with E-state index in [4.69, 9.17) is 14.7 Å². The van der Waals surface area contributed by atoms with Crippen molar-refractivity contribution in [1.29, 1.82) is 5.26 Å². The molecule has 3 fully saturated rings. The maximum Gasteiger partial charge on any atom is 0.419 e. The number of carbonyl (C=O) groups excluding carboxylic acids is 3. The Morgan fingerprint density at radius 1 is 1.13 bits per heavy atom. The van der Waals surface area contributed by atoms with Gasteiger partial charge in [0.2, 0.25) is 0 Å². The molecule has 0 bridgehead atoms. The van der Waals surface area contributed by atoms with Crippen molar-refractivity contribution in [3.63, 3.8) is 0 Å². The van der Waals surface area contributed by atoms with Crippen LogP contribution >= 0.6 is 11.9 Å². The van der Waals surface area contributed by atoms with Gasteiger partial charge < -0.3 is 19.3 Å². The van der Waals surface area contributed by atoms with Gasteiger partial charge in [0.05, 0.1) is 18.2 Å². The van der Waals surface area contributed by atoms with Gasteiger partial charge in [0, 0.05) is 48.2 Å². The number of piperidine rings is 1. The maximum absolute atomic E-state index is 14.9. The number of alkyl halides is 5. The average molecular weight is 676 g/mol. The van der Waals surface area contributed by atoms with Crippen LogP contribution in [0.1, 0.15) is 84.4 Å². The minimum absolute atomic E-state index is 0.109. The Morgan fingerprint density at radius 3 is 2.35 bits per heavy atom. The number of urea groups is 1. The fourth-order valence-electron chi connectivity index (χ4n) is 6.04. The summed E-state index contributed by atoms with van der Waals surface area (Å²) >= 11 is 0.522. The van der Waals surface area contributed by atoms with Crippen LogP contribution in [-0.4, -0.2) is 86.0 Å². The summed E-state index contributed by atoms with van der Waals surface area (Å²) in [6.07, 6.45) is -2.58. The highest BCUT2D eigenvalue weighted by Crippen LogP contribution is 2.42. The zero-order valence-electron chi connectivity index (χ0n) is 26.3. The molecule has 16 heteroatoms. The number of likely N-dealkylation sites (tertiary alicyclic amines) is 1. The minimum Gasteiger partial charge on any atom is -0.444 e. The Labute approximate surface area is 268 Å². The molecule has 46 heavy (non-hydrogen) atoms. The lowest BCUT2D eigenvalue weighted by atomic mass is 9.88. The number of pyridine rings is 1. The highest BCUT2D eigenvalue weighted by Gasteiger charge is 2.55. The third-order valence-electron chi connectivity index (χ3n) is 8.39. The number of aromatic nitrogens is 1. The zero-order chi connectivity index (χ0) is 34.2. The van der Waals surface area contributed by atoms with Gasteiger partial charge in [-0.25, -0.2) is 23.4 Å². The molecule has 1 aromatic heterocycles. The maximum atomic E-state index is 14.9. The van der Waals surface area contributed by atoms with E-state index < -0.39 is 65.0 Å². The number of nitriles is 1. The second-order valence-corrected chi connectivity index (χ2v) is 14.3. The van der Waals surface area contributed by atoms with Gasteiger partial charge in [-0.2, -0.15) is 22.7 Å². The van der Waals surface area contributed by atoms with E-state index in [1.54, 1.807) is 34.6 Å². The Hall–Kier alpha value is -3.19. The van der Waals surface area contributed by atoms with Crippen molar-refractivity contribution in [2.75, 3.05) is 19.7 Å². The summed E-state index contributed by atoms with van der Waals surface area (Å²) < 4.78 is 82.0.